The molecule has 0 saturated carbocycles. The van der Waals surface area contributed by atoms with Crippen LogP contribution in [0, 0.1) is 5.92 Å². The first-order valence-electron chi connectivity index (χ1n) is 7.14. The van der Waals surface area contributed by atoms with Crippen molar-refractivity contribution in [3.05, 3.63) is 35.4 Å². The monoisotopic (exact) mass is 246 g/mol. The predicted octanol–water partition coefficient (Wildman–Crippen LogP) is 2.98. The molecule has 18 heavy (non-hydrogen) atoms. The molecule has 0 aromatic heterocycles. The quantitative estimate of drug-likeness (QED) is 0.885. The normalized spacial score (nSPS) is 22.6. The summed E-state index contributed by atoms with van der Waals surface area (Å²) in [6.45, 7) is 8.99. The SMILES string of the molecule is CC(C)Cc1ccc(C(C)N2CCC(N)C2)cc1. The molecule has 0 amide bonds. The number of hydrogen-bond donors (Lipinski definition) is 1. The van der Waals surface area contributed by atoms with E-state index in [0.29, 0.717) is 12.1 Å². The van der Waals surface area contributed by atoms with Crippen LogP contribution < -0.4 is 5.73 Å². The van der Waals surface area contributed by atoms with Crippen molar-refractivity contribution in [3.8, 4) is 0 Å². The first kappa shape index (κ1) is 13.6. The predicted molar refractivity (Wildman–Crippen MR) is 77.6 cm³/mol. The minimum Gasteiger partial charge on any atom is -0.326 e. The molecule has 100 valence electrons. The van der Waals surface area contributed by atoms with Gasteiger partial charge >= 0.3 is 0 Å². The average Bonchev–Trinajstić information content (AvgIpc) is 2.75. The molecular formula is C16H26N2. The first-order chi connectivity index (χ1) is 8.56. The summed E-state index contributed by atoms with van der Waals surface area (Å²) in [6.07, 6.45) is 2.30. The maximum atomic E-state index is 5.98. The van der Waals surface area contributed by atoms with E-state index in [1.807, 2.05) is 0 Å². The number of nitrogens with two attached hydrogens (primary N) is 1. The Bertz CT molecular complexity index is 369. The van der Waals surface area contributed by atoms with E-state index in [1.54, 1.807) is 0 Å². The molecule has 1 heterocycles. The van der Waals surface area contributed by atoms with Gasteiger partial charge < -0.3 is 5.73 Å². The molecule has 2 unspecified atom stereocenters. The third kappa shape index (κ3) is 3.33. The molecular weight excluding hydrogens is 220 g/mol. The lowest BCUT2D eigenvalue weighted by Gasteiger charge is -2.24. The fourth-order valence-electron chi connectivity index (χ4n) is 2.78. The Morgan fingerprint density at radius 2 is 1.89 bits per heavy atom. The third-order valence-corrected chi connectivity index (χ3v) is 3.91. The highest BCUT2D eigenvalue weighted by molar-refractivity contribution is 5.25. The Morgan fingerprint density at radius 3 is 2.39 bits per heavy atom. The molecule has 2 nitrogen and oxygen atoms in total. The minimum absolute atomic E-state index is 0.368. The lowest BCUT2D eigenvalue weighted by molar-refractivity contribution is 0.260. The van der Waals surface area contributed by atoms with Crippen molar-refractivity contribution in [2.75, 3.05) is 13.1 Å². The van der Waals surface area contributed by atoms with Crippen molar-refractivity contribution in [1.29, 1.82) is 0 Å². The van der Waals surface area contributed by atoms with Gasteiger partial charge in [-0.25, -0.2) is 0 Å². The van der Waals surface area contributed by atoms with Gasteiger partial charge in [0.1, 0.15) is 0 Å². The van der Waals surface area contributed by atoms with Crippen LogP contribution in [0.25, 0.3) is 0 Å². The van der Waals surface area contributed by atoms with E-state index < -0.39 is 0 Å². The number of benzene rings is 1. The van der Waals surface area contributed by atoms with Gasteiger partial charge in [0.05, 0.1) is 0 Å². The van der Waals surface area contributed by atoms with Crippen LogP contribution in [0.5, 0.6) is 0 Å². The van der Waals surface area contributed by atoms with Crippen LogP contribution in [0.2, 0.25) is 0 Å². The third-order valence-electron chi connectivity index (χ3n) is 3.91. The molecule has 1 fully saturated rings. The van der Waals surface area contributed by atoms with Gasteiger partial charge in [-0.05, 0) is 36.8 Å². The van der Waals surface area contributed by atoms with E-state index in [1.165, 1.54) is 17.5 Å². The topological polar surface area (TPSA) is 29.3 Å². The lowest BCUT2D eigenvalue weighted by atomic mass is 9.99. The fourth-order valence-corrected chi connectivity index (χ4v) is 2.78. The zero-order valence-corrected chi connectivity index (χ0v) is 11.9. The van der Waals surface area contributed by atoms with Crippen LogP contribution in [-0.4, -0.2) is 24.0 Å². The van der Waals surface area contributed by atoms with Gasteiger partial charge in [-0.15, -0.1) is 0 Å². The maximum Gasteiger partial charge on any atom is 0.0320 e. The smallest absolute Gasteiger partial charge is 0.0320 e. The second-order valence-electron chi connectivity index (χ2n) is 6.06. The van der Waals surface area contributed by atoms with Crippen LogP contribution in [0.4, 0.5) is 0 Å². The summed E-state index contributed by atoms with van der Waals surface area (Å²) in [5.74, 6) is 0.727. The molecule has 2 rings (SSSR count). The molecule has 0 spiro atoms. The molecule has 0 radical (unpaired) electrons. The highest BCUT2D eigenvalue weighted by atomic mass is 15.2. The molecule has 1 aliphatic heterocycles. The first-order valence-corrected chi connectivity index (χ1v) is 7.14. The van der Waals surface area contributed by atoms with E-state index in [0.717, 1.165) is 25.4 Å². The van der Waals surface area contributed by atoms with Crippen molar-refractivity contribution in [2.24, 2.45) is 11.7 Å². The Hall–Kier alpha value is -0.860. The lowest BCUT2D eigenvalue weighted by Crippen LogP contribution is -2.28. The van der Waals surface area contributed by atoms with Crippen molar-refractivity contribution in [2.45, 2.75) is 45.7 Å². The van der Waals surface area contributed by atoms with Gasteiger partial charge in [0.2, 0.25) is 0 Å². The molecule has 1 aromatic rings. The van der Waals surface area contributed by atoms with E-state index in [4.69, 9.17) is 5.73 Å². The Balaban J connectivity index is 2.00. The number of hydrogen-bond acceptors (Lipinski definition) is 2. The number of rotatable bonds is 4. The Morgan fingerprint density at radius 1 is 1.22 bits per heavy atom. The molecule has 0 aliphatic carbocycles. The number of nitrogens with zero attached hydrogens (tertiary/aromatic N) is 1. The maximum absolute atomic E-state index is 5.98. The Kier molecular flexibility index (Phi) is 4.41. The van der Waals surface area contributed by atoms with E-state index in [-0.39, 0.29) is 0 Å². The van der Waals surface area contributed by atoms with Gasteiger partial charge in [-0.2, -0.15) is 0 Å². The van der Waals surface area contributed by atoms with Crippen molar-refractivity contribution in [1.82, 2.24) is 4.90 Å². The zero-order chi connectivity index (χ0) is 13.1. The highest BCUT2D eigenvalue weighted by Gasteiger charge is 2.24. The fraction of sp³-hybridized carbons (Fsp3) is 0.625. The Labute approximate surface area is 111 Å². The van der Waals surface area contributed by atoms with Crippen molar-refractivity contribution >= 4 is 0 Å². The van der Waals surface area contributed by atoms with Crippen LogP contribution in [0.15, 0.2) is 24.3 Å². The van der Waals surface area contributed by atoms with Gasteiger partial charge in [0.25, 0.3) is 0 Å². The van der Waals surface area contributed by atoms with Crippen LogP contribution >= 0.6 is 0 Å². The molecule has 2 heteroatoms. The summed E-state index contributed by atoms with van der Waals surface area (Å²) in [6, 6.07) is 9.99. The van der Waals surface area contributed by atoms with Crippen LogP contribution in [0.1, 0.15) is 44.4 Å². The summed E-state index contributed by atoms with van der Waals surface area (Å²) in [4.78, 5) is 2.49. The van der Waals surface area contributed by atoms with E-state index >= 15 is 0 Å². The molecule has 2 N–H and O–H groups in total. The van der Waals surface area contributed by atoms with Gasteiger partial charge in [0.15, 0.2) is 0 Å². The molecule has 1 aliphatic rings. The summed E-state index contributed by atoms with van der Waals surface area (Å²) < 4.78 is 0. The molecule has 2 atom stereocenters. The van der Waals surface area contributed by atoms with Crippen molar-refractivity contribution < 1.29 is 0 Å². The molecule has 0 bridgehead atoms. The zero-order valence-electron chi connectivity index (χ0n) is 11.9. The molecule has 1 aromatic carbocycles. The highest BCUT2D eigenvalue weighted by Crippen LogP contribution is 2.24. The summed E-state index contributed by atoms with van der Waals surface area (Å²) in [7, 11) is 0. The average molecular weight is 246 g/mol. The number of likely N-dealkylation sites (tertiary alicyclic amines) is 1. The van der Waals surface area contributed by atoms with Crippen LogP contribution in [-0.2, 0) is 6.42 Å². The van der Waals surface area contributed by atoms with Gasteiger partial charge in [-0.1, -0.05) is 38.1 Å². The summed E-state index contributed by atoms with van der Waals surface area (Å²) in [5.41, 5.74) is 8.84. The van der Waals surface area contributed by atoms with Crippen LogP contribution in [0.3, 0.4) is 0 Å². The van der Waals surface area contributed by atoms with Crippen molar-refractivity contribution in [3.63, 3.8) is 0 Å². The minimum atomic E-state index is 0.368. The second-order valence-corrected chi connectivity index (χ2v) is 6.06. The summed E-state index contributed by atoms with van der Waals surface area (Å²) >= 11 is 0. The van der Waals surface area contributed by atoms with E-state index in [9.17, 15) is 0 Å². The van der Waals surface area contributed by atoms with Gasteiger partial charge in [-0.3, -0.25) is 4.90 Å². The molecule has 1 saturated heterocycles. The van der Waals surface area contributed by atoms with Gasteiger partial charge in [0, 0.05) is 25.2 Å². The standard InChI is InChI=1S/C16H26N2/c1-12(2)10-14-4-6-15(7-5-14)13(3)18-9-8-16(17)11-18/h4-7,12-13,16H,8-11,17H2,1-3H3. The summed E-state index contributed by atoms with van der Waals surface area (Å²) in [5, 5.41) is 0. The second kappa shape index (κ2) is 5.85. The van der Waals surface area contributed by atoms with E-state index in [2.05, 4.69) is 49.9 Å². The largest absolute Gasteiger partial charge is 0.326 e.